The molecule has 1 aromatic heterocycles. The van der Waals surface area contributed by atoms with E-state index in [1.54, 1.807) is 48.3 Å². The first kappa shape index (κ1) is 21.6. The first-order chi connectivity index (χ1) is 14.9. The van der Waals surface area contributed by atoms with E-state index in [2.05, 4.69) is 5.32 Å². The Hall–Kier alpha value is -4.14. The van der Waals surface area contributed by atoms with E-state index in [1.165, 1.54) is 31.6 Å². The highest BCUT2D eigenvalue weighted by Crippen LogP contribution is 2.28. The highest BCUT2D eigenvalue weighted by molar-refractivity contribution is 5.95. The molecule has 0 aliphatic rings. The normalized spacial score (nSPS) is 10.4. The predicted molar refractivity (Wildman–Crippen MR) is 112 cm³/mol. The van der Waals surface area contributed by atoms with Crippen LogP contribution >= 0.6 is 0 Å². The average molecular weight is 423 g/mol. The van der Waals surface area contributed by atoms with Gasteiger partial charge in [0, 0.05) is 36.9 Å². The van der Waals surface area contributed by atoms with Crippen LogP contribution in [0.5, 0.6) is 5.75 Å². The van der Waals surface area contributed by atoms with Crippen molar-refractivity contribution in [3.8, 4) is 5.75 Å². The molecule has 0 saturated heterocycles. The molecule has 0 atom stereocenters. The summed E-state index contributed by atoms with van der Waals surface area (Å²) < 4.78 is 10.5. The predicted octanol–water partition coefficient (Wildman–Crippen LogP) is 3.40. The van der Waals surface area contributed by atoms with Gasteiger partial charge in [0.15, 0.2) is 5.75 Å². The first-order valence-electron chi connectivity index (χ1n) is 9.38. The molecular formula is C22H21N3O6. The lowest BCUT2D eigenvalue weighted by Crippen LogP contribution is -2.30. The number of amides is 2. The smallest absolute Gasteiger partial charge is 0.310 e. The molecule has 0 radical (unpaired) electrons. The number of hydrogen-bond donors (Lipinski definition) is 1. The third-order valence-corrected chi connectivity index (χ3v) is 4.65. The fourth-order valence-corrected chi connectivity index (χ4v) is 3.06. The molecule has 0 aliphatic heterocycles. The van der Waals surface area contributed by atoms with Crippen molar-refractivity contribution < 1.29 is 23.7 Å². The van der Waals surface area contributed by atoms with Crippen molar-refractivity contribution in [2.45, 2.75) is 13.1 Å². The molecular weight excluding hydrogens is 402 g/mol. The Morgan fingerprint density at radius 3 is 2.39 bits per heavy atom. The molecule has 0 spiro atoms. The molecule has 9 nitrogen and oxygen atoms in total. The molecule has 3 aromatic rings. The van der Waals surface area contributed by atoms with Gasteiger partial charge in [0.1, 0.15) is 5.76 Å². The van der Waals surface area contributed by atoms with Crippen LogP contribution in [0.3, 0.4) is 0 Å². The summed E-state index contributed by atoms with van der Waals surface area (Å²) in [5, 5.41) is 13.7. The minimum absolute atomic E-state index is 0.00345. The van der Waals surface area contributed by atoms with Crippen LogP contribution in [0.1, 0.15) is 32.0 Å². The minimum Gasteiger partial charge on any atom is -0.490 e. The molecule has 0 bridgehead atoms. The molecule has 31 heavy (non-hydrogen) atoms. The third kappa shape index (κ3) is 5.08. The Kier molecular flexibility index (Phi) is 6.66. The maximum atomic E-state index is 13.2. The summed E-state index contributed by atoms with van der Waals surface area (Å²) in [6.45, 7) is 0.440. The lowest BCUT2D eigenvalue weighted by Gasteiger charge is -2.22. The Morgan fingerprint density at radius 1 is 1.10 bits per heavy atom. The van der Waals surface area contributed by atoms with Crippen LogP contribution in [-0.2, 0) is 13.1 Å². The molecule has 0 fully saturated rings. The Labute approximate surface area is 178 Å². The number of benzene rings is 2. The van der Waals surface area contributed by atoms with Crippen LogP contribution in [0.2, 0.25) is 0 Å². The number of hydrogen-bond acceptors (Lipinski definition) is 6. The SMILES string of the molecule is CNC(=O)c1ccc(CN(Cc2ccco2)C(=O)c2ccc([N+](=O)[O-])c(OC)c2)cc1. The van der Waals surface area contributed by atoms with Crippen molar-refractivity contribution in [1.29, 1.82) is 0 Å². The molecule has 3 rings (SSSR count). The topological polar surface area (TPSA) is 115 Å². The van der Waals surface area contributed by atoms with Gasteiger partial charge in [-0.3, -0.25) is 19.7 Å². The number of carbonyl (C=O) groups is 2. The lowest BCUT2D eigenvalue weighted by molar-refractivity contribution is -0.385. The van der Waals surface area contributed by atoms with Gasteiger partial charge >= 0.3 is 5.69 Å². The quantitative estimate of drug-likeness (QED) is 0.439. The van der Waals surface area contributed by atoms with E-state index in [9.17, 15) is 19.7 Å². The number of furan rings is 1. The molecule has 1 heterocycles. The van der Waals surface area contributed by atoms with Gasteiger partial charge in [0.2, 0.25) is 0 Å². The minimum atomic E-state index is -0.568. The fourth-order valence-electron chi connectivity index (χ4n) is 3.06. The maximum absolute atomic E-state index is 13.2. The number of nitrogens with zero attached hydrogens (tertiary/aromatic N) is 2. The van der Waals surface area contributed by atoms with Gasteiger partial charge in [-0.05, 0) is 35.9 Å². The number of methoxy groups -OCH3 is 1. The van der Waals surface area contributed by atoms with Gasteiger partial charge in [-0.2, -0.15) is 0 Å². The number of ether oxygens (including phenoxy) is 1. The zero-order valence-electron chi connectivity index (χ0n) is 17.0. The summed E-state index contributed by atoms with van der Waals surface area (Å²) in [6.07, 6.45) is 1.52. The van der Waals surface area contributed by atoms with E-state index in [1.807, 2.05) is 0 Å². The molecule has 2 aromatic carbocycles. The van der Waals surface area contributed by atoms with Crippen molar-refractivity contribution in [2.75, 3.05) is 14.2 Å². The highest BCUT2D eigenvalue weighted by Gasteiger charge is 2.22. The monoisotopic (exact) mass is 423 g/mol. The van der Waals surface area contributed by atoms with Crippen molar-refractivity contribution in [3.63, 3.8) is 0 Å². The standard InChI is InChI=1S/C22H21N3O6/c1-23-21(26)16-7-5-15(6-8-16)13-24(14-18-4-3-11-31-18)22(27)17-9-10-19(25(28)29)20(12-17)30-2/h3-12H,13-14H2,1-2H3,(H,23,26). The van der Waals surface area contributed by atoms with E-state index in [4.69, 9.17) is 9.15 Å². The van der Waals surface area contributed by atoms with Crippen LogP contribution in [0.25, 0.3) is 0 Å². The third-order valence-electron chi connectivity index (χ3n) is 4.65. The molecule has 9 heteroatoms. The van der Waals surface area contributed by atoms with Crippen molar-refractivity contribution >= 4 is 17.5 Å². The Bertz CT molecular complexity index is 1080. The largest absolute Gasteiger partial charge is 0.490 e. The fraction of sp³-hybridized carbons (Fsp3) is 0.182. The zero-order valence-corrected chi connectivity index (χ0v) is 17.0. The molecule has 0 aliphatic carbocycles. The summed E-state index contributed by atoms with van der Waals surface area (Å²) >= 11 is 0. The van der Waals surface area contributed by atoms with Crippen LogP contribution in [0.4, 0.5) is 5.69 Å². The summed E-state index contributed by atoms with van der Waals surface area (Å²) in [5.41, 5.74) is 1.34. The van der Waals surface area contributed by atoms with E-state index >= 15 is 0 Å². The maximum Gasteiger partial charge on any atom is 0.310 e. The van der Waals surface area contributed by atoms with Gasteiger partial charge < -0.3 is 19.4 Å². The van der Waals surface area contributed by atoms with E-state index in [0.717, 1.165) is 5.56 Å². The van der Waals surface area contributed by atoms with Gasteiger partial charge in [-0.15, -0.1) is 0 Å². The van der Waals surface area contributed by atoms with Crippen molar-refractivity contribution in [2.24, 2.45) is 0 Å². The summed E-state index contributed by atoms with van der Waals surface area (Å²) in [5.74, 6) is 0.0426. The molecule has 2 amide bonds. The van der Waals surface area contributed by atoms with E-state index < -0.39 is 4.92 Å². The summed E-state index contributed by atoms with van der Waals surface area (Å²) in [6, 6.07) is 14.4. The summed E-state index contributed by atoms with van der Waals surface area (Å²) in [4.78, 5) is 37.1. The van der Waals surface area contributed by atoms with Gasteiger partial charge in [0.05, 0.1) is 24.8 Å². The average Bonchev–Trinajstić information content (AvgIpc) is 3.30. The number of nitro benzene ring substituents is 1. The van der Waals surface area contributed by atoms with Crippen LogP contribution in [0.15, 0.2) is 65.3 Å². The number of carbonyl (C=O) groups excluding carboxylic acids is 2. The highest BCUT2D eigenvalue weighted by atomic mass is 16.6. The van der Waals surface area contributed by atoms with Gasteiger partial charge in [-0.1, -0.05) is 12.1 Å². The number of nitro groups is 1. The number of rotatable bonds is 8. The Balaban J connectivity index is 1.89. The van der Waals surface area contributed by atoms with Crippen LogP contribution in [0, 0.1) is 10.1 Å². The lowest BCUT2D eigenvalue weighted by atomic mass is 10.1. The van der Waals surface area contributed by atoms with Gasteiger partial charge in [-0.25, -0.2) is 0 Å². The molecule has 1 N–H and O–H groups in total. The molecule has 0 unspecified atom stereocenters. The van der Waals surface area contributed by atoms with Crippen LogP contribution < -0.4 is 10.1 Å². The van der Waals surface area contributed by atoms with Crippen LogP contribution in [-0.4, -0.2) is 35.8 Å². The second kappa shape index (κ2) is 9.57. The molecule has 0 saturated carbocycles. The van der Waals surface area contributed by atoms with Gasteiger partial charge in [0.25, 0.3) is 11.8 Å². The van der Waals surface area contributed by atoms with Crippen molar-refractivity contribution in [1.82, 2.24) is 10.2 Å². The van der Waals surface area contributed by atoms with Crippen molar-refractivity contribution in [3.05, 3.63) is 93.4 Å². The first-order valence-corrected chi connectivity index (χ1v) is 9.38. The summed E-state index contributed by atoms with van der Waals surface area (Å²) in [7, 11) is 2.86. The van der Waals surface area contributed by atoms with E-state index in [-0.39, 0.29) is 41.9 Å². The zero-order chi connectivity index (χ0) is 22.4. The number of nitrogens with one attached hydrogen (secondary N) is 1. The second-order valence-electron chi connectivity index (χ2n) is 6.66. The molecule has 160 valence electrons. The van der Waals surface area contributed by atoms with E-state index in [0.29, 0.717) is 11.3 Å². The Morgan fingerprint density at radius 2 is 1.81 bits per heavy atom. The second-order valence-corrected chi connectivity index (χ2v) is 6.66.